The highest BCUT2D eigenvalue weighted by atomic mass is 19.1. The van der Waals surface area contributed by atoms with Gasteiger partial charge in [0.05, 0.1) is 6.21 Å². The Morgan fingerprint density at radius 2 is 1.69 bits per heavy atom. The standard InChI is InChI=1S/C20H22FN3O2/c21-18-12-10-16(11-13-18)15-23-24-19(25)9-5-2-6-14-22-20(26)17-7-3-1-4-8-17/h1,3-4,7-8,10-13,15H,2,5-6,9,14H2,(H,22,26)(H,24,25). The van der Waals surface area contributed by atoms with E-state index in [0.717, 1.165) is 19.3 Å². The van der Waals surface area contributed by atoms with E-state index in [-0.39, 0.29) is 17.6 Å². The summed E-state index contributed by atoms with van der Waals surface area (Å²) in [4.78, 5) is 23.5. The smallest absolute Gasteiger partial charge is 0.251 e. The van der Waals surface area contributed by atoms with Crippen molar-refractivity contribution in [1.29, 1.82) is 0 Å². The van der Waals surface area contributed by atoms with Crippen molar-refractivity contribution in [1.82, 2.24) is 10.7 Å². The van der Waals surface area contributed by atoms with Gasteiger partial charge in [-0.15, -0.1) is 0 Å². The molecule has 0 bridgehead atoms. The first-order valence-electron chi connectivity index (χ1n) is 8.56. The average molecular weight is 355 g/mol. The zero-order valence-electron chi connectivity index (χ0n) is 14.5. The highest BCUT2D eigenvalue weighted by Gasteiger charge is 2.03. The van der Waals surface area contributed by atoms with Crippen molar-refractivity contribution in [2.45, 2.75) is 25.7 Å². The summed E-state index contributed by atoms with van der Waals surface area (Å²) in [5, 5.41) is 6.69. The molecule has 0 heterocycles. The van der Waals surface area contributed by atoms with E-state index in [9.17, 15) is 14.0 Å². The van der Waals surface area contributed by atoms with Crippen LogP contribution in [0.15, 0.2) is 59.7 Å². The molecule has 2 aromatic rings. The quantitative estimate of drug-likeness (QED) is 0.412. The van der Waals surface area contributed by atoms with Crippen LogP contribution in [0.4, 0.5) is 4.39 Å². The number of hydrazone groups is 1. The molecule has 0 atom stereocenters. The third-order valence-electron chi connectivity index (χ3n) is 3.68. The molecule has 0 fully saturated rings. The molecule has 26 heavy (non-hydrogen) atoms. The largest absolute Gasteiger partial charge is 0.352 e. The fourth-order valence-corrected chi connectivity index (χ4v) is 2.26. The van der Waals surface area contributed by atoms with Crippen LogP contribution in [0.2, 0.25) is 0 Å². The first kappa shape index (κ1) is 19.3. The summed E-state index contributed by atoms with van der Waals surface area (Å²) in [6.07, 6.45) is 4.21. The highest BCUT2D eigenvalue weighted by molar-refractivity contribution is 5.94. The van der Waals surface area contributed by atoms with Gasteiger partial charge in [-0.2, -0.15) is 5.10 Å². The van der Waals surface area contributed by atoms with Crippen LogP contribution < -0.4 is 10.7 Å². The lowest BCUT2D eigenvalue weighted by Gasteiger charge is -2.05. The predicted molar refractivity (Wildman–Crippen MR) is 99.4 cm³/mol. The first-order chi connectivity index (χ1) is 12.6. The molecule has 0 saturated heterocycles. The monoisotopic (exact) mass is 355 g/mol. The molecular weight excluding hydrogens is 333 g/mol. The highest BCUT2D eigenvalue weighted by Crippen LogP contribution is 2.02. The summed E-state index contributed by atoms with van der Waals surface area (Å²) in [7, 11) is 0. The minimum absolute atomic E-state index is 0.0847. The molecule has 136 valence electrons. The van der Waals surface area contributed by atoms with Gasteiger partial charge < -0.3 is 5.32 Å². The topological polar surface area (TPSA) is 70.6 Å². The van der Waals surface area contributed by atoms with Gasteiger partial charge in [-0.05, 0) is 42.7 Å². The van der Waals surface area contributed by atoms with Crippen LogP contribution in [0.25, 0.3) is 0 Å². The van der Waals surface area contributed by atoms with Gasteiger partial charge in [0.1, 0.15) is 5.82 Å². The zero-order chi connectivity index (χ0) is 18.6. The molecule has 0 aromatic heterocycles. The summed E-state index contributed by atoms with van der Waals surface area (Å²) in [5.41, 5.74) is 3.80. The van der Waals surface area contributed by atoms with E-state index in [1.54, 1.807) is 24.3 Å². The Kier molecular flexibility index (Phi) is 7.99. The normalized spacial score (nSPS) is 10.7. The van der Waals surface area contributed by atoms with Crippen LogP contribution in [0.3, 0.4) is 0 Å². The maximum atomic E-state index is 12.8. The Bertz CT molecular complexity index is 730. The first-order valence-corrected chi connectivity index (χ1v) is 8.56. The van der Waals surface area contributed by atoms with Gasteiger partial charge in [0.25, 0.3) is 5.91 Å². The number of benzene rings is 2. The molecule has 0 unspecified atom stereocenters. The number of unbranched alkanes of at least 4 members (excludes halogenated alkanes) is 2. The lowest BCUT2D eigenvalue weighted by Crippen LogP contribution is -2.24. The Balaban J connectivity index is 1.53. The summed E-state index contributed by atoms with van der Waals surface area (Å²) >= 11 is 0. The maximum absolute atomic E-state index is 12.8. The molecule has 0 aliphatic carbocycles. The molecule has 2 N–H and O–H groups in total. The van der Waals surface area contributed by atoms with Crippen molar-refractivity contribution in [3.05, 3.63) is 71.5 Å². The molecule has 2 rings (SSSR count). The van der Waals surface area contributed by atoms with Gasteiger partial charge in [-0.3, -0.25) is 9.59 Å². The lowest BCUT2D eigenvalue weighted by atomic mass is 10.2. The van der Waals surface area contributed by atoms with Crippen LogP contribution in [-0.4, -0.2) is 24.6 Å². The number of nitrogens with one attached hydrogen (secondary N) is 2. The van der Waals surface area contributed by atoms with E-state index >= 15 is 0 Å². The molecule has 0 saturated carbocycles. The third-order valence-corrected chi connectivity index (χ3v) is 3.68. The van der Waals surface area contributed by atoms with Crippen molar-refractivity contribution >= 4 is 18.0 Å². The number of carbonyl (C=O) groups is 2. The molecule has 5 nitrogen and oxygen atoms in total. The van der Waals surface area contributed by atoms with Crippen LogP contribution in [0.5, 0.6) is 0 Å². The lowest BCUT2D eigenvalue weighted by molar-refractivity contribution is -0.121. The van der Waals surface area contributed by atoms with Crippen molar-refractivity contribution in [2.24, 2.45) is 5.10 Å². The summed E-state index contributed by atoms with van der Waals surface area (Å²) in [6.45, 7) is 0.581. The Labute approximate surface area is 152 Å². The number of amides is 2. The minimum atomic E-state index is -0.314. The second-order valence-electron chi connectivity index (χ2n) is 5.78. The van der Waals surface area contributed by atoms with Gasteiger partial charge in [0, 0.05) is 18.5 Å². The van der Waals surface area contributed by atoms with E-state index in [4.69, 9.17) is 0 Å². The molecule has 2 aromatic carbocycles. The van der Waals surface area contributed by atoms with Gasteiger partial charge in [0.2, 0.25) is 5.91 Å². The summed E-state index contributed by atoms with van der Waals surface area (Å²) in [5.74, 6) is -0.568. The average Bonchev–Trinajstić information content (AvgIpc) is 2.66. The number of rotatable bonds is 9. The van der Waals surface area contributed by atoms with Crippen LogP contribution in [-0.2, 0) is 4.79 Å². The van der Waals surface area contributed by atoms with Crippen LogP contribution >= 0.6 is 0 Å². The van der Waals surface area contributed by atoms with Gasteiger partial charge in [-0.25, -0.2) is 9.82 Å². The molecule has 0 aliphatic heterocycles. The van der Waals surface area contributed by atoms with E-state index in [2.05, 4.69) is 15.8 Å². The number of halogens is 1. The molecule has 0 spiro atoms. The number of hydrogen-bond donors (Lipinski definition) is 2. The molecule has 2 amide bonds. The van der Waals surface area contributed by atoms with E-state index in [0.29, 0.717) is 24.1 Å². The fraction of sp³-hybridized carbons (Fsp3) is 0.250. The molecule has 0 radical (unpaired) electrons. The number of nitrogens with zero attached hydrogens (tertiary/aromatic N) is 1. The van der Waals surface area contributed by atoms with Crippen molar-refractivity contribution in [3.63, 3.8) is 0 Å². The number of hydrogen-bond acceptors (Lipinski definition) is 3. The summed E-state index contributed by atoms with van der Waals surface area (Å²) < 4.78 is 12.8. The molecular formula is C20H22FN3O2. The van der Waals surface area contributed by atoms with Crippen molar-refractivity contribution in [3.8, 4) is 0 Å². The van der Waals surface area contributed by atoms with E-state index < -0.39 is 0 Å². The van der Waals surface area contributed by atoms with Crippen molar-refractivity contribution in [2.75, 3.05) is 6.54 Å². The van der Waals surface area contributed by atoms with E-state index in [1.807, 2.05) is 18.2 Å². The second-order valence-corrected chi connectivity index (χ2v) is 5.78. The van der Waals surface area contributed by atoms with E-state index in [1.165, 1.54) is 18.3 Å². The fourth-order valence-electron chi connectivity index (χ4n) is 2.26. The van der Waals surface area contributed by atoms with Gasteiger partial charge in [-0.1, -0.05) is 36.8 Å². The second kappa shape index (κ2) is 10.8. The molecule has 6 heteroatoms. The Morgan fingerprint density at radius 1 is 0.962 bits per heavy atom. The Morgan fingerprint density at radius 3 is 2.42 bits per heavy atom. The predicted octanol–water partition coefficient (Wildman–Crippen LogP) is 3.27. The van der Waals surface area contributed by atoms with Gasteiger partial charge >= 0.3 is 0 Å². The minimum Gasteiger partial charge on any atom is -0.352 e. The Hall–Kier alpha value is -3.02. The summed E-state index contributed by atoms with van der Waals surface area (Å²) in [6, 6.07) is 14.9. The number of carbonyl (C=O) groups excluding carboxylic acids is 2. The third kappa shape index (κ3) is 7.25. The SMILES string of the molecule is O=C(CCCCCNC(=O)c1ccccc1)NN=Cc1ccc(F)cc1. The van der Waals surface area contributed by atoms with Crippen LogP contribution in [0, 0.1) is 5.82 Å². The maximum Gasteiger partial charge on any atom is 0.251 e. The zero-order valence-corrected chi connectivity index (χ0v) is 14.5. The molecule has 0 aliphatic rings. The van der Waals surface area contributed by atoms with Crippen LogP contribution in [0.1, 0.15) is 41.6 Å². The van der Waals surface area contributed by atoms with Crippen molar-refractivity contribution < 1.29 is 14.0 Å². The van der Waals surface area contributed by atoms with Gasteiger partial charge in [0.15, 0.2) is 0 Å².